The second-order valence-corrected chi connectivity index (χ2v) is 11.0. The SMILES string of the molecule is CCC1(CC2([SiH2]c3cc(C)cc(C)c3)[C-]=C(C)C(C)=C2C)C=CC=CC1.[Cl-].[Cl-].[Cl-].[Ti+4]. The van der Waals surface area contributed by atoms with Crippen molar-refractivity contribution in [2.75, 3.05) is 0 Å². The van der Waals surface area contributed by atoms with Crippen molar-refractivity contribution >= 4 is 14.7 Å². The van der Waals surface area contributed by atoms with E-state index in [1.165, 1.54) is 35.1 Å². The van der Waals surface area contributed by atoms with Crippen molar-refractivity contribution in [1.82, 2.24) is 0 Å². The van der Waals surface area contributed by atoms with Crippen molar-refractivity contribution in [3.05, 3.63) is 76.4 Å². The Kier molecular flexibility index (Phi) is 13.8. The van der Waals surface area contributed by atoms with E-state index in [0.717, 1.165) is 6.42 Å². The second-order valence-electron chi connectivity index (χ2n) is 8.64. The first-order valence-electron chi connectivity index (χ1n) is 10.0. The van der Waals surface area contributed by atoms with E-state index in [4.69, 9.17) is 0 Å². The molecule has 1 aromatic carbocycles. The maximum Gasteiger partial charge on any atom is 4.00 e. The van der Waals surface area contributed by atoms with E-state index in [2.05, 4.69) is 90.1 Å². The number of aryl methyl sites for hydroxylation is 2. The van der Waals surface area contributed by atoms with E-state index < -0.39 is 9.52 Å². The zero-order chi connectivity index (χ0) is 18.9. The monoisotopic (exact) mass is 514 g/mol. The summed E-state index contributed by atoms with van der Waals surface area (Å²) in [7, 11) is -0.535. The molecule has 0 aliphatic heterocycles. The summed E-state index contributed by atoms with van der Waals surface area (Å²) in [4.78, 5) is 0. The number of allylic oxidation sites excluding steroid dienone is 8. The van der Waals surface area contributed by atoms with Crippen molar-refractivity contribution < 1.29 is 58.9 Å². The summed E-state index contributed by atoms with van der Waals surface area (Å²) in [5, 5.41) is 1.73. The normalized spacial score (nSPS) is 24.7. The van der Waals surface area contributed by atoms with Gasteiger partial charge in [-0.1, -0.05) is 91.0 Å². The minimum absolute atomic E-state index is 0. The van der Waals surface area contributed by atoms with Crippen LogP contribution in [0.1, 0.15) is 58.1 Å². The summed E-state index contributed by atoms with van der Waals surface area (Å²) in [6.07, 6.45) is 16.9. The molecule has 0 amide bonds. The Bertz CT molecular complexity index is 821. The molecule has 0 nitrogen and oxygen atoms in total. The van der Waals surface area contributed by atoms with Crippen LogP contribution in [0.15, 0.2) is 59.2 Å². The van der Waals surface area contributed by atoms with E-state index in [9.17, 15) is 0 Å². The molecule has 2 aliphatic rings. The topological polar surface area (TPSA) is 0 Å². The van der Waals surface area contributed by atoms with Gasteiger partial charge in [-0.25, -0.2) is 5.57 Å². The third-order valence-electron chi connectivity index (χ3n) is 6.64. The zero-order valence-corrected chi connectivity index (χ0v) is 24.2. The minimum Gasteiger partial charge on any atom is -1.00 e. The van der Waals surface area contributed by atoms with E-state index in [1.54, 1.807) is 10.8 Å². The van der Waals surface area contributed by atoms with Crippen LogP contribution in [0.5, 0.6) is 0 Å². The Morgan fingerprint density at radius 2 is 1.53 bits per heavy atom. The van der Waals surface area contributed by atoms with Crippen molar-refractivity contribution in [3.63, 3.8) is 0 Å². The van der Waals surface area contributed by atoms with E-state index in [1.807, 2.05) is 0 Å². The predicted octanol–water partition coefficient (Wildman–Crippen LogP) is -3.33. The fraction of sp³-hybridized carbons (Fsp3) is 0.440. The van der Waals surface area contributed by atoms with Gasteiger partial charge < -0.3 is 37.2 Å². The molecule has 0 fully saturated rings. The average molecular weight is 516 g/mol. The number of hydrogen-bond acceptors (Lipinski definition) is 0. The Balaban J connectivity index is 0. The van der Waals surface area contributed by atoms with Crippen LogP contribution in [0.25, 0.3) is 0 Å². The van der Waals surface area contributed by atoms with Crippen LogP contribution >= 0.6 is 0 Å². The fourth-order valence-corrected chi connectivity index (χ4v) is 8.00. The van der Waals surface area contributed by atoms with E-state index in [-0.39, 0.29) is 69.4 Å². The molecule has 2 aliphatic carbocycles. The zero-order valence-electron chi connectivity index (χ0n) is 19.0. The van der Waals surface area contributed by atoms with Gasteiger partial charge in [0.15, 0.2) is 0 Å². The Hall–Kier alpha value is -0.0188. The Morgan fingerprint density at radius 1 is 0.933 bits per heavy atom. The van der Waals surface area contributed by atoms with Crippen molar-refractivity contribution in [3.8, 4) is 0 Å². The molecule has 1 aromatic rings. The van der Waals surface area contributed by atoms with Crippen LogP contribution in [-0.2, 0) is 21.7 Å². The van der Waals surface area contributed by atoms with Crippen LogP contribution in [0.3, 0.4) is 0 Å². The molecule has 0 saturated carbocycles. The maximum atomic E-state index is 4.01. The number of rotatable bonds is 5. The molecule has 0 N–H and O–H groups in total. The standard InChI is InChI=1S/C25H33Si.3ClH.Ti/c1-7-24(11-9-8-10-12-24)17-25(16-20(4)21(5)22(25)6)26-23-14-18(2)13-19(3)15-23;;;;/h8-11,13-15H,7,12,17,26H2,1-6H3;3*1H;/q-1;;;;+4/p-3. The van der Waals surface area contributed by atoms with Crippen molar-refractivity contribution in [2.24, 2.45) is 5.41 Å². The predicted molar refractivity (Wildman–Crippen MR) is 118 cm³/mol. The van der Waals surface area contributed by atoms with Crippen LogP contribution in [0, 0.1) is 25.3 Å². The van der Waals surface area contributed by atoms with Crippen LogP contribution in [-0.4, -0.2) is 9.52 Å². The quantitative estimate of drug-likeness (QED) is 0.284. The first-order valence-corrected chi connectivity index (χ1v) is 11.4. The summed E-state index contributed by atoms with van der Waals surface area (Å²) in [6.45, 7) is 13.7. The molecule has 2 unspecified atom stereocenters. The molecule has 0 spiro atoms. The van der Waals surface area contributed by atoms with Crippen molar-refractivity contribution in [1.29, 1.82) is 0 Å². The van der Waals surface area contributed by atoms with Gasteiger partial charge in [0.1, 0.15) is 0 Å². The van der Waals surface area contributed by atoms with Gasteiger partial charge in [0, 0.05) is 9.52 Å². The first kappa shape index (κ1) is 32.2. The number of hydrogen-bond donors (Lipinski definition) is 0. The number of benzene rings is 1. The molecule has 0 bridgehead atoms. The second kappa shape index (κ2) is 12.9. The summed E-state index contributed by atoms with van der Waals surface area (Å²) in [5.41, 5.74) is 7.50. The molecule has 5 heteroatoms. The third kappa shape index (κ3) is 6.74. The van der Waals surface area contributed by atoms with Gasteiger partial charge in [0.05, 0.1) is 0 Å². The molecule has 0 aromatic heterocycles. The van der Waals surface area contributed by atoms with E-state index >= 15 is 0 Å². The van der Waals surface area contributed by atoms with Crippen LogP contribution in [0.2, 0.25) is 5.04 Å². The van der Waals surface area contributed by atoms with E-state index in [0.29, 0.717) is 0 Å². The first-order chi connectivity index (χ1) is 12.3. The molecular formula is C25H33Cl3SiTi. The van der Waals surface area contributed by atoms with Gasteiger partial charge in [0.2, 0.25) is 0 Å². The molecule has 2 atom stereocenters. The molecular weight excluding hydrogens is 483 g/mol. The van der Waals surface area contributed by atoms with Gasteiger partial charge >= 0.3 is 21.7 Å². The molecule has 0 heterocycles. The summed E-state index contributed by atoms with van der Waals surface area (Å²) in [6, 6.07) is 7.14. The third-order valence-corrected chi connectivity index (χ3v) is 9.01. The average Bonchev–Trinajstić information content (AvgIpc) is 2.78. The summed E-state index contributed by atoms with van der Waals surface area (Å²) in [5.74, 6) is 0. The fourth-order valence-electron chi connectivity index (χ4n) is 4.95. The van der Waals surface area contributed by atoms with Gasteiger partial charge in [-0.2, -0.15) is 11.1 Å². The smallest absolute Gasteiger partial charge is 1.00 e. The number of halogens is 3. The van der Waals surface area contributed by atoms with Gasteiger partial charge in [-0.3, -0.25) is 6.08 Å². The van der Waals surface area contributed by atoms with Gasteiger partial charge in [-0.05, 0) is 32.1 Å². The minimum atomic E-state index is -0.535. The molecule has 162 valence electrons. The molecule has 0 radical (unpaired) electrons. The maximum absolute atomic E-state index is 4.01. The molecule has 30 heavy (non-hydrogen) atoms. The summed E-state index contributed by atoms with van der Waals surface area (Å²) >= 11 is 0. The van der Waals surface area contributed by atoms with Crippen molar-refractivity contribution in [2.45, 2.75) is 65.8 Å². The summed E-state index contributed by atoms with van der Waals surface area (Å²) < 4.78 is 0. The van der Waals surface area contributed by atoms with Gasteiger partial charge in [-0.15, -0.1) is 6.92 Å². The Labute approximate surface area is 220 Å². The van der Waals surface area contributed by atoms with Gasteiger partial charge in [0.25, 0.3) is 0 Å². The molecule has 0 saturated heterocycles. The molecule has 3 rings (SSSR count). The largest absolute Gasteiger partial charge is 4.00 e. The Morgan fingerprint density at radius 3 is 1.97 bits per heavy atom. The van der Waals surface area contributed by atoms with Crippen LogP contribution < -0.4 is 42.4 Å². The van der Waals surface area contributed by atoms with Crippen LogP contribution in [0.4, 0.5) is 0 Å².